The zero-order valence-corrected chi connectivity index (χ0v) is 15.1. The third-order valence-electron chi connectivity index (χ3n) is 4.94. The number of hydrogen-bond donors (Lipinski definition) is 1. The van der Waals surface area contributed by atoms with E-state index in [0.717, 1.165) is 29.8 Å². The molecule has 0 radical (unpaired) electrons. The molecule has 0 unspecified atom stereocenters. The lowest BCUT2D eigenvalue weighted by Crippen LogP contribution is -2.38. The number of carbonyl (C=O) groups excluding carboxylic acids is 3. The van der Waals surface area contributed by atoms with Gasteiger partial charge in [0.25, 0.3) is 5.91 Å². The maximum Gasteiger partial charge on any atom is 0.273 e. The molecule has 1 N–H and O–H groups in total. The fourth-order valence-electron chi connectivity index (χ4n) is 3.29. The van der Waals surface area contributed by atoms with Gasteiger partial charge < -0.3 is 5.32 Å². The molecule has 8 heteroatoms. The summed E-state index contributed by atoms with van der Waals surface area (Å²) < 4.78 is 1.74. The number of benzene rings is 1. The average molecular weight is 367 g/mol. The number of amides is 3. The Bertz CT molecular complexity index is 883. The van der Waals surface area contributed by atoms with Gasteiger partial charge in [0.1, 0.15) is 0 Å². The van der Waals surface area contributed by atoms with Crippen LogP contribution in [0.25, 0.3) is 5.69 Å². The smallest absolute Gasteiger partial charge is 0.273 e. The van der Waals surface area contributed by atoms with Crippen molar-refractivity contribution in [3.05, 3.63) is 41.2 Å². The Balaban J connectivity index is 1.48. The summed E-state index contributed by atoms with van der Waals surface area (Å²) in [7, 11) is 0. The molecular formula is C19H21N5O3. The molecule has 1 saturated heterocycles. The second-order valence-corrected chi connectivity index (χ2v) is 7.04. The Labute approximate surface area is 156 Å². The Morgan fingerprint density at radius 3 is 2.44 bits per heavy atom. The molecule has 4 rings (SSSR count). The van der Waals surface area contributed by atoms with E-state index in [2.05, 4.69) is 15.6 Å². The Hall–Kier alpha value is -3.03. The summed E-state index contributed by atoms with van der Waals surface area (Å²) in [5.74, 6) is -0.408. The molecule has 0 bridgehead atoms. The van der Waals surface area contributed by atoms with Gasteiger partial charge in [-0.1, -0.05) is 22.9 Å². The number of aromatic nitrogens is 3. The standard InChI is InChI=1S/C19H21N5O3/c1-12-2-6-14(7-3-12)24-18(13-4-5-13)17(21-22-24)19(27)20-10-11-23-15(25)8-9-16(23)26/h2-3,6-7,13H,4-5,8-11H2,1H3,(H,20,27). The molecule has 3 amide bonds. The zero-order valence-electron chi connectivity index (χ0n) is 15.1. The van der Waals surface area contributed by atoms with Gasteiger partial charge in [-0.2, -0.15) is 0 Å². The van der Waals surface area contributed by atoms with E-state index in [1.54, 1.807) is 4.68 Å². The number of imide groups is 1. The van der Waals surface area contributed by atoms with Crippen molar-refractivity contribution >= 4 is 17.7 Å². The molecule has 140 valence electrons. The van der Waals surface area contributed by atoms with Gasteiger partial charge in [0, 0.05) is 31.8 Å². The largest absolute Gasteiger partial charge is 0.349 e. The van der Waals surface area contributed by atoms with E-state index in [4.69, 9.17) is 0 Å². The van der Waals surface area contributed by atoms with Crippen molar-refractivity contribution in [3.8, 4) is 5.69 Å². The monoisotopic (exact) mass is 367 g/mol. The summed E-state index contributed by atoms with van der Waals surface area (Å²) in [6, 6.07) is 7.92. The van der Waals surface area contributed by atoms with Crippen molar-refractivity contribution in [2.24, 2.45) is 0 Å². The summed E-state index contributed by atoms with van der Waals surface area (Å²) in [5.41, 5.74) is 3.17. The molecule has 2 aliphatic rings. The van der Waals surface area contributed by atoms with Gasteiger partial charge in [-0.25, -0.2) is 4.68 Å². The van der Waals surface area contributed by atoms with Crippen molar-refractivity contribution in [1.82, 2.24) is 25.2 Å². The van der Waals surface area contributed by atoms with Crippen LogP contribution in [0, 0.1) is 6.92 Å². The van der Waals surface area contributed by atoms with Crippen LogP contribution in [0.1, 0.15) is 53.3 Å². The molecule has 2 aromatic rings. The van der Waals surface area contributed by atoms with Crippen molar-refractivity contribution in [1.29, 1.82) is 0 Å². The normalized spacial score (nSPS) is 16.9. The van der Waals surface area contributed by atoms with Gasteiger partial charge in [-0.15, -0.1) is 5.10 Å². The van der Waals surface area contributed by atoms with Crippen LogP contribution in [-0.2, 0) is 9.59 Å². The second-order valence-electron chi connectivity index (χ2n) is 7.04. The summed E-state index contributed by atoms with van der Waals surface area (Å²) in [4.78, 5) is 37.1. The molecule has 1 aromatic carbocycles. The van der Waals surface area contributed by atoms with Crippen LogP contribution in [0.15, 0.2) is 24.3 Å². The summed E-state index contributed by atoms with van der Waals surface area (Å²) in [5, 5.41) is 11.1. The van der Waals surface area contributed by atoms with E-state index in [-0.39, 0.29) is 49.6 Å². The van der Waals surface area contributed by atoms with Crippen LogP contribution in [-0.4, -0.2) is 50.7 Å². The van der Waals surface area contributed by atoms with Crippen molar-refractivity contribution in [3.63, 3.8) is 0 Å². The van der Waals surface area contributed by atoms with Gasteiger partial charge in [-0.05, 0) is 31.9 Å². The molecule has 2 fully saturated rings. The van der Waals surface area contributed by atoms with Crippen LogP contribution in [0.3, 0.4) is 0 Å². The number of hydrogen-bond acceptors (Lipinski definition) is 5. The molecule has 1 aliphatic heterocycles. The number of rotatable bonds is 6. The quantitative estimate of drug-likeness (QED) is 0.777. The molecule has 0 atom stereocenters. The maximum absolute atomic E-state index is 12.6. The first-order valence-corrected chi connectivity index (χ1v) is 9.18. The van der Waals surface area contributed by atoms with E-state index in [1.807, 2.05) is 31.2 Å². The van der Waals surface area contributed by atoms with E-state index in [9.17, 15) is 14.4 Å². The topological polar surface area (TPSA) is 97.2 Å². The number of aryl methyl sites for hydroxylation is 1. The first-order valence-electron chi connectivity index (χ1n) is 9.18. The Morgan fingerprint density at radius 2 is 1.81 bits per heavy atom. The highest BCUT2D eigenvalue weighted by Crippen LogP contribution is 2.41. The maximum atomic E-state index is 12.6. The molecular weight excluding hydrogens is 346 g/mol. The Kier molecular flexibility index (Phi) is 4.47. The molecule has 0 spiro atoms. The number of nitrogens with zero attached hydrogens (tertiary/aromatic N) is 4. The molecule has 1 aliphatic carbocycles. The first kappa shape index (κ1) is 17.4. The molecule has 2 heterocycles. The van der Waals surface area contributed by atoms with Crippen LogP contribution in [0.4, 0.5) is 0 Å². The second kappa shape index (κ2) is 6.94. The molecule has 1 saturated carbocycles. The molecule has 1 aromatic heterocycles. The summed E-state index contributed by atoms with van der Waals surface area (Å²) in [6.07, 6.45) is 2.53. The van der Waals surface area contributed by atoms with Crippen LogP contribution in [0.5, 0.6) is 0 Å². The average Bonchev–Trinajstić information content (AvgIpc) is 3.33. The third kappa shape index (κ3) is 3.47. The van der Waals surface area contributed by atoms with Crippen LogP contribution < -0.4 is 5.32 Å². The highest BCUT2D eigenvalue weighted by atomic mass is 16.2. The van der Waals surface area contributed by atoms with Gasteiger partial charge in [-0.3, -0.25) is 19.3 Å². The fraction of sp³-hybridized carbons (Fsp3) is 0.421. The predicted molar refractivity (Wildman–Crippen MR) is 96.4 cm³/mol. The van der Waals surface area contributed by atoms with E-state index >= 15 is 0 Å². The van der Waals surface area contributed by atoms with Gasteiger partial charge in [0.2, 0.25) is 11.8 Å². The first-order chi connectivity index (χ1) is 13.0. The van der Waals surface area contributed by atoms with Crippen molar-refractivity contribution < 1.29 is 14.4 Å². The fourth-order valence-corrected chi connectivity index (χ4v) is 3.29. The van der Waals surface area contributed by atoms with Crippen LogP contribution in [0.2, 0.25) is 0 Å². The number of likely N-dealkylation sites (tertiary alicyclic amines) is 1. The SMILES string of the molecule is Cc1ccc(-n2nnc(C(=O)NCCN3C(=O)CCC3=O)c2C2CC2)cc1. The zero-order chi connectivity index (χ0) is 19.0. The molecule has 27 heavy (non-hydrogen) atoms. The van der Waals surface area contributed by atoms with E-state index in [0.29, 0.717) is 5.69 Å². The van der Waals surface area contributed by atoms with E-state index < -0.39 is 0 Å². The van der Waals surface area contributed by atoms with Gasteiger partial charge in [0.15, 0.2) is 5.69 Å². The van der Waals surface area contributed by atoms with Crippen molar-refractivity contribution in [2.75, 3.05) is 13.1 Å². The summed E-state index contributed by atoms with van der Waals surface area (Å²) >= 11 is 0. The predicted octanol–water partition coefficient (Wildman–Crippen LogP) is 1.33. The van der Waals surface area contributed by atoms with Gasteiger partial charge in [0.05, 0.1) is 11.4 Å². The lowest BCUT2D eigenvalue weighted by Gasteiger charge is -2.14. The minimum Gasteiger partial charge on any atom is -0.349 e. The van der Waals surface area contributed by atoms with E-state index in [1.165, 1.54) is 4.90 Å². The third-order valence-corrected chi connectivity index (χ3v) is 4.94. The highest BCUT2D eigenvalue weighted by molar-refractivity contribution is 6.02. The highest BCUT2D eigenvalue weighted by Gasteiger charge is 2.34. The van der Waals surface area contributed by atoms with Crippen LogP contribution >= 0.6 is 0 Å². The molecule has 8 nitrogen and oxygen atoms in total. The lowest BCUT2D eigenvalue weighted by molar-refractivity contribution is -0.138. The van der Waals surface area contributed by atoms with Crippen molar-refractivity contribution in [2.45, 2.75) is 38.5 Å². The lowest BCUT2D eigenvalue weighted by atomic mass is 10.2. The minimum atomic E-state index is -0.325. The minimum absolute atomic E-state index is 0.182. The number of carbonyl (C=O) groups is 3. The van der Waals surface area contributed by atoms with Gasteiger partial charge >= 0.3 is 0 Å². The number of nitrogens with one attached hydrogen (secondary N) is 1. The summed E-state index contributed by atoms with van der Waals surface area (Å²) in [6.45, 7) is 2.41. The Morgan fingerprint density at radius 1 is 1.15 bits per heavy atom.